The molecule has 0 N–H and O–H groups in total. The molecule has 0 saturated heterocycles. The standard InChI is InChI=1S/C35H19N2O.C11H8N.Ir/c1-2-8-21(9-3-1)23-19-27-26-18-22(29-11-6-7-17-36-29)13-15-30(26)37-31-16-14-25-24-10-4-5-12-32(24)38-35(25)33(31)28(20-23)34(27)37;1-2-6-10(7-3-1)11-8-4-5-9-12-11;/h1-12,14-20H;1-6,8-9H;/q2*-1;. The zero-order valence-corrected chi connectivity index (χ0v) is 29.6. The molecule has 4 nitrogen and oxygen atoms in total. The van der Waals surface area contributed by atoms with Crippen molar-refractivity contribution in [2.24, 2.45) is 0 Å². The predicted molar refractivity (Wildman–Crippen MR) is 204 cm³/mol. The van der Waals surface area contributed by atoms with Gasteiger partial charge in [0, 0.05) is 54.2 Å². The second-order valence-corrected chi connectivity index (χ2v) is 12.4. The molecule has 0 bridgehead atoms. The van der Waals surface area contributed by atoms with Crippen LogP contribution in [0.5, 0.6) is 0 Å². The van der Waals surface area contributed by atoms with Crippen molar-refractivity contribution in [3.05, 3.63) is 176 Å². The van der Waals surface area contributed by atoms with Gasteiger partial charge in [0.1, 0.15) is 11.2 Å². The molecule has 0 unspecified atom stereocenters. The van der Waals surface area contributed by atoms with Gasteiger partial charge in [-0.05, 0) is 75.9 Å². The maximum absolute atomic E-state index is 6.53. The third-order valence-electron chi connectivity index (χ3n) is 9.53. The molecule has 0 saturated carbocycles. The molecule has 0 atom stereocenters. The third-order valence-corrected chi connectivity index (χ3v) is 9.53. The number of furan rings is 1. The zero-order valence-electron chi connectivity index (χ0n) is 27.2. The summed E-state index contributed by atoms with van der Waals surface area (Å²) in [5.74, 6) is 0. The van der Waals surface area contributed by atoms with Gasteiger partial charge in [0.25, 0.3) is 0 Å². The molecule has 0 fully saturated rings. The summed E-state index contributed by atoms with van der Waals surface area (Å²) in [6, 6.07) is 58.7. The fraction of sp³-hybridized carbons (Fsp3) is 0. The van der Waals surface area contributed by atoms with Crippen LogP contribution in [0.4, 0.5) is 0 Å². The summed E-state index contributed by atoms with van der Waals surface area (Å²) in [4.78, 5) is 8.80. The summed E-state index contributed by atoms with van der Waals surface area (Å²) in [5.41, 5.74) is 11.7. The van der Waals surface area contributed by atoms with Crippen LogP contribution in [0.25, 0.3) is 93.7 Å². The smallest absolute Gasteiger partial charge is 0.145 e. The second kappa shape index (κ2) is 12.6. The van der Waals surface area contributed by atoms with Gasteiger partial charge in [-0.25, -0.2) is 0 Å². The van der Waals surface area contributed by atoms with Crippen molar-refractivity contribution in [2.75, 3.05) is 0 Å². The van der Waals surface area contributed by atoms with Crippen LogP contribution < -0.4 is 0 Å². The summed E-state index contributed by atoms with van der Waals surface area (Å²) in [6.45, 7) is 0. The van der Waals surface area contributed by atoms with E-state index >= 15 is 0 Å². The predicted octanol–water partition coefficient (Wildman–Crippen LogP) is 11.8. The maximum atomic E-state index is 6.53. The third kappa shape index (κ3) is 5.09. The SMILES string of the molecule is [Ir].[c-]1cc2c(cc1-c1ccccn1)c1cc(-c3ccccc3)cc3c4c5oc6ccccc6c5ccc4n2c13.[c-]1ccccc1-c1ccccn1. The van der Waals surface area contributed by atoms with E-state index in [1.807, 2.05) is 72.9 Å². The van der Waals surface area contributed by atoms with E-state index in [9.17, 15) is 0 Å². The molecular weight excluding hydrogens is 803 g/mol. The van der Waals surface area contributed by atoms with Crippen molar-refractivity contribution < 1.29 is 24.5 Å². The Kier molecular flexibility index (Phi) is 7.66. The Labute approximate surface area is 307 Å². The van der Waals surface area contributed by atoms with Crippen LogP contribution in [0, 0.1) is 12.1 Å². The quantitative estimate of drug-likeness (QED) is 0.167. The number of hydrogen-bond acceptors (Lipinski definition) is 3. The molecule has 5 heterocycles. The van der Waals surface area contributed by atoms with Crippen LogP contribution >= 0.6 is 0 Å². The number of fused-ring (bicyclic) bond motifs is 10. The minimum atomic E-state index is 0. The van der Waals surface area contributed by atoms with Gasteiger partial charge < -0.3 is 18.8 Å². The Morgan fingerprint density at radius 1 is 0.510 bits per heavy atom. The molecule has 6 aromatic carbocycles. The molecule has 1 radical (unpaired) electrons. The van der Waals surface area contributed by atoms with Gasteiger partial charge in [-0.1, -0.05) is 78.2 Å². The molecule has 0 aliphatic rings. The molecule has 0 aliphatic heterocycles. The first-order valence-corrected chi connectivity index (χ1v) is 16.7. The Morgan fingerprint density at radius 3 is 2.00 bits per heavy atom. The van der Waals surface area contributed by atoms with Crippen molar-refractivity contribution in [3.8, 4) is 33.6 Å². The van der Waals surface area contributed by atoms with Crippen molar-refractivity contribution >= 4 is 60.0 Å². The summed E-state index contributed by atoms with van der Waals surface area (Å²) < 4.78 is 8.92. The monoisotopic (exact) mass is 830 g/mol. The first-order valence-electron chi connectivity index (χ1n) is 16.7. The fourth-order valence-electron chi connectivity index (χ4n) is 7.29. The Balaban J connectivity index is 0.000000228. The zero-order chi connectivity index (χ0) is 33.0. The van der Waals surface area contributed by atoms with Crippen molar-refractivity contribution in [1.82, 2.24) is 14.4 Å². The minimum absolute atomic E-state index is 0. The molecule has 0 spiro atoms. The summed E-state index contributed by atoms with van der Waals surface area (Å²) >= 11 is 0. The molecule has 5 heteroatoms. The van der Waals surface area contributed by atoms with E-state index in [4.69, 9.17) is 4.42 Å². The topological polar surface area (TPSA) is 43.3 Å². The normalized spacial score (nSPS) is 11.4. The van der Waals surface area contributed by atoms with Crippen LogP contribution in [0.1, 0.15) is 0 Å². The second-order valence-electron chi connectivity index (χ2n) is 12.4. The molecule has 11 rings (SSSR count). The van der Waals surface area contributed by atoms with Crippen LogP contribution in [0.2, 0.25) is 0 Å². The number of para-hydroxylation sites is 1. The largest absolute Gasteiger partial charge is 0.455 e. The average molecular weight is 830 g/mol. The minimum Gasteiger partial charge on any atom is -0.455 e. The molecular formula is C46H27IrN3O-2. The van der Waals surface area contributed by atoms with Gasteiger partial charge in [0.15, 0.2) is 0 Å². The van der Waals surface area contributed by atoms with Crippen LogP contribution in [-0.2, 0) is 20.1 Å². The van der Waals surface area contributed by atoms with Gasteiger partial charge in [-0.15, -0.1) is 59.7 Å². The molecule has 0 amide bonds. The number of nitrogens with zero attached hydrogens (tertiary/aromatic N) is 3. The van der Waals surface area contributed by atoms with Crippen molar-refractivity contribution in [3.63, 3.8) is 0 Å². The summed E-state index contributed by atoms with van der Waals surface area (Å²) in [6.07, 6.45) is 3.62. The number of hydrogen-bond donors (Lipinski definition) is 0. The summed E-state index contributed by atoms with van der Waals surface area (Å²) in [7, 11) is 0. The van der Waals surface area contributed by atoms with Crippen LogP contribution in [-0.4, -0.2) is 14.4 Å². The first kappa shape index (κ1) is 30.9. The van der Waals surface area contributed by atoms with Gasteiger partial charge in [0.05, 0.1) is 10.9 Å². The molecule has 243 valence electrons. The molecule has 0 aliphatic carbocycles. The van der Waals surface area contributed by atoms with Crippen molar-refractivity contribution in [2.45, 2.75) is 0 Å². The van der Waals surface area contributed by atoms with Crippen LogP contribution in [0.15, 0.2) is 168 Å². The maximum Gasteiger partial charge on any atom is 0.145 e. The fourth-order valence-corrected chi connectivity index (χ4v) is 7.29. The van der Waals surface area contributed by atoms with E-state index < -0.39 is 0 Å². The number of aromatic nitrogens is 3. The van der Waals surface area contributed by atoms with E-state index in [0.29, 0.717) is 0 Å². The van der Waals surface area contributed by atoms with Gasteiger partial charge in [-0.3, -0.25) is 0 Å². The van der Waals surface area contributed by atoms with E-state index in [1.54, 1.807) is 6.20 Å². The average Bonchev–Trinajstić information content (AvgIpc) is 3.86. The van der Waals surface area contributed by atoms with E-state index in [0.717, 1.165) is 60.9 Å². The number of pyridine rings is 2. The van der Waals surface area contributed by atoms with E-state index in [1.165, 1.54) is 32.8 Å². The Morgan fingerprint density at radius 2 is 1.24 bits per heavy atom. The first-order chi connectivity index (χ1) is 24.8. The number of benzene rings is 6. The number of rotatable bonds is 3. The Bertz CT molecular complexity index is 2920. The molecule has 11 aromatic rings. The van der Waals surface area contributed by atoms with Gasteiger partial charge in [0.2, 0.25) is 0 Å². The molecule has 51 heavy (non-hydrogen) atoms. The Hall–Kier alpha value is -6.13. The van der Waals surface area contributed by atoms with Gasteiger partial charge in [-0.2, -0.15) is 0 Å². The van der Waals surface area contributed by atoms with E-state index in [-0.39, 0.29) is 20.1 Å². The van der Waals surface area contributed by atoms with E-state index in [2.05, 4.69) is 111 Å². The van der Waals surface area contributed by atoms with Crippen molar-refractivity contribution in [1.29, 1.82) is 0 Å². The molecule has 5 aromatic heterocycles. The van der Waals surface area contributed by atoms with Crippen LogP contribution in [0.3, 0.4) is 0 Å². The van der Waals surface area contributed by atoms with Gasteiger partial charge >= 0.3 is 0 Å². The summed E-state index contributed by atoms with van der Waals surface area (Å²) in [5, 5.41) is 7.09.